The first-order valence-corrected chi connectivity index (χ1v) is 13.0. The first kappa shape index (κ1) is 25.9. The van der Waals surface area contributed by atoms with Crippen molar-refractivity contribution in [2.24, 2.45) is 11.8 Å². The summed E-state index contributed by atoms with van der Waals surface area (Å²) in [5.74, 6) is 0.334. The highest BCUT2D eigenvalue weighted by atomic mass is 79.9. The number of halogens is 2. The van der Waals surface area contributed by atoms with Gasteiger partial charge in [0.05, 0.1) is 25.9 Å². The van der Waals surface area contributed by atoms with Gasteiger partial charge in [-0.1, -0.05) is 40.2 Å². The molecule has 0 unspecified atom stereocenters. The van der Waals surface area contributed by atoms with E-state index in [1.807, 2.05) is 36.4 Å². The van der Waals surface area contributed by atoms with Crippen molar-refractivity contribution in [1.29, 1.82) is 0 Å². The van der Waals surface area contributed by atoms with Gasteiger partial charge in [-0.2, -0.15) is 0 Å². The number of allylic oxidation sites excluding steroid dienone is 2. The van der Waals surface area contributed by atoms with Crippen LogP contribution in [0.1, 0.15) is 37.7 Å². The van der Waals surface area contributed by atoms with E-state index in [1.54, 1.807) is 0 Å². The third-order valence-electron chi connectivity index (χ3n) is 7.18. The number of rotatable bonds is 13. The number of carbonyl (C=O) groups is 1. The number of hydrogen-bond donors (Lipinski definition) is 1. The average molecular weight is 547 g/mol. The summed E-state index contributed by atoms with van der Waals surface area (Å²) in [5, 5.41) is 8.84. The number of carboxylic acids is 1. The molecule has 2 aromatic rings. The van der Waals surface area contributed by atoms with Crippen molar-refractivity contribution >= 4 is 21.9 Å². The number of unbranched alkanes of at least 4 members (excludes halogenated alkanes) is 1. The SMILES string of the molecule is O=C(O)CCCC=CC[C@H]1[C@H](COCCOc2ccc(Br)cc2)[C@@H]2C[C@@]1(c1ccc(F)cc1)CO2. The third-order valence-corrected chi connectivity index (χ3v) is 7.71. The number of hydrogen-bond acceptors (Lipinski definition) is 4. The zero-order valence-electron chi connectivity index (χ0n) is 19.7. The summed E-state index contributed by atoms with van der Waals surface area (Å²) in [6.07, 6.45) is 7.68. The van der Waals surface area contributed by atoms with Gasteiger partial charge < -0.3 is 19.3 Å². The van der Waals surface area contributed by atoms with Crippen LogP contribution in [-0.2, 0) is 19.7 Å². The van der Waals surface area contributed by atoms with E-state index in [0.717, 1.165) is 35.0 Å². The van der Waals surface area contributed by atoms with Crippen molar-refractivity contribution < 1.29 is 28.5 Å². The molecule has 4 rings (SSSR count). The topological polar surface area (TPSA) is 65.0 Å². The molecule has 0 aromatic heterocycles. The van der Waals surface area contributed by atoms with Gasteiger partial charge >= 0.3 is 5.97 Å². The Balaban J connectivity index is 1.37. The summed E-state index contributed by atoms with van der Waals surface area (Å²) in [5.41, 5.74) is 0.956. The Labute approximate surface area is 214 Å². The van der Waals surface area contributed by atoms with Gasteiger partial charge in [-0.25, -0.2) is 4.39 Å². The van der Waals surface area contributed by atoms with Crippen LogP contribution in [0.2, 0.25) is 0 Å². The quantitative estimate of drug-likeness (QED) is 0.241. The molecule has 188 valence electrons. The number of benzene rings is 2. The number of aliphatic carboxylic acids is 1. The van der Waals surface area contributed by atoms with Gasteiger partial charge in [0.1, 0.15) is 18.2 Å². The van der Waals surface area contributed by atoms with Crippen molar-refractivity contribution in [3.63, 3.8) is 0 Å². The maximum absolute atomic E-state index is 13.6. The van der Waals surface area contributed by atoms with Crippen molar-refractivity contribution in [3.05, 3.63) is 76.5 Å². The minimum atomic E-state index is -0.764. The van der Waals surface area contributed by atoms with Crippen LogP contribution in [0.3, 0.4) is 0 Å². The molecule has 1 aliphatic heterocycles. The molecule has 1 saturated carbocycles. The van der Waals surface area contributed by atoms with E-state index in [9.17, 15) is 9.18 Å². The molecule has 1 heterocycles. The van der Waals surface area contributed by atoms with Crippen LogP contribution in [-0.4, -0.2) is 43.6 Å². The van der Waals surface area contributed by atoms with Crippen LogP contribution >= 0.6 is 15.9 Å². The second-order valence-electron chi connectivity index (χ2n) is 9.36. The zero-order chi connectivity index (χ0) is 24.7. The fourth-order valence-electron chi connectivity index (χ4n) is 5.46. The second kappa shape index (κ2) is 12.2. The molecular weight excluding hydrogens is 515 g/mol. The standard InChI is InChI=1S/C28H32BrFO5/c29-21-9-13-23(14-10-21)34-16-15-33-18-24-25(5-3-1-2-4-6-27(31)32)28(17-26(24)35-19-28)20-7-11-22(30)12-8-20/h1,3,7-14,24-26H,2,4-6,15-19H2,(H,31,32)/t24-,25-,26-,28-/m0/s1. The van der Waals surface area contributed by atoms with E-state index in [0.29, 0.717) is 38.8 Å². The van der Waals surface area contributed by atoms with Crippen LogP contribution in [0.4, 0.5) is 4.39 Å². The number of ether oxygens (including phenoxy) is 3. The molecule has 1 saturated heterocycles. The Kier molecular flexibility index (Phi) is 8.98. The van der Waals surface area contributed by atoms with Gasteiger partial charge in [-0.3, -0.25) is 4.79 Å². The van der Waals surface area contributed by atoms with Gasteiger partial charge in [0.25, 0.3) is 0 Å². The molecule has 7 heteroatoms. The fourth-order valence-corrected chi connectivity index (χ4v) is 5.72. The Morgan fingerprint density at radius 1 is 1.14 bits per heavy atom. The van der Waals surface area contributed by atoms with Crippen molar-refractivity contribution in [1.82, 2.24) is 0 Å². The summed E-state index contributed by atoms with van der Waals surface area (Å²) in [4.78, 5) is 10.7. The first-order valence-electron chi connectivity index (χ1n) is 12.2. The first-order chi connectivity index (χ1) is 17.0. The summed E-state index contributed by atoms with van der Waals surface area (Å²) in [6.45, 7) is 2.16. The van der Waals surface area contributed by atoms with E-state index in [2.05, 4.69) is 28.1 Å². The van der Waals surface area contributed by atoms with Gasteiger partial charge in [-0.15, -0.1) is 0 Å². The monoisotopic (exact) mass is 546 g/mol. The lowest BCUT2D eigenvalue weighted by Crippen LogP contribution is -2.41. The normalized spacial score (nSPS) is 25.4. The van der Waals surface area contributed by atoms with Crippen LogP contribution < -0.4 is 4.74 Å². The maximum atomic E-state index is 13.6. The minimum Gasteiger partial charge on any atom is -0.491 e. The maximum Gasteiger partial charge on any atom is 0.303 e. The molecule has 2 aromatic carbocycles. The summed E-state index contributed by atoms with van der Waals surface area (Å²) >= 11 is 3.42. The van der Waals surface area contributed by atoms with Gasteiger partial charge in [-0.05, 0) is 73.6 Å². The third kappa shape index (κ3) is 6.51. The van der Waals surface area contributed by atoms with Crippen molar-refractivity contribution in [3.8, 4) is 5.75 Å². The molecule has 0 spiro atoms. The highest BCUT2D eigenvalue weighted by Crippen LogP contribution is 2.56. The number of carboxylic acid groups (broad SMARTS) is 1. The van der Waals surface area contributed by atoms with Crippen molar-refractivity contribution in [2.45, 2.75) is 43.6 Å². The molecule has 1 N–H and O–H groups in total. The lowest BCUT2D eigenvalue weighted by molar-refractivity contribution is -0.137. The van der Waals surface area contributed by atoms with E-state index in [1.165, 1.54) is 12.1 Å². The number of fused-ring (bicyclic) bond motifs is 2. The second-order valence-corrected chi connectivity index (χ2v) is 10.3. The lowest BCUT2D eigenvalue weighted by Gasteiger charge is -2.39. The minimum absolute atomic E-state index is 0.109. The lowest BCUT2D eigenvalue weighted by atomic mass is 9.69. The van der Waals surface area contributed by atoms with Crippen LogP contribution in [0, 0.1) is 17.7 Å². The fraction of sp³-hybridized carbons (Fsp3) is 0.464. The van der Waals surface area contributed by atoms with E-state index >= 15 is 0 Å². The molecule has 0 amide bonds. The van der Waals surface area contributed by atoms with Crippen LogP contribution in [0.25, 0.3) is 0 Å². The molecule has 1 aliphatic carbocycles. The molecular formula is C28H32BrFO5. The highest BCUT2D eigenvalue weighted by molar-refractivity contribution is 9.10. The largest absolute Gasteiger partial charge is 0.491 e. The summed E-state index contributed by atoms with van der Waals surface area (Å²) in [7, 11) is 0. The Hall–Kier alpha value is -2.22. The van der Waals surface area contributed by atoms with Gasteiger partial charge in [0, 0.05) is 22.2 Å². The van der Waals surface area contributed by atoms with Crippen LogP contribution in [0.15, 0.2) is 65.2 Å². The van der Waals surface area contributed by atoms with E-state index in [4.69, 9.17) is 19.3 Å². The molecule has 0 radical (unpaired) electrons. The Bertz CT molecular complexity index is 993. The van der Waals surface area contributed by atoms with E-state index < -0.39 is 5.97 Å². The van der Waals surface area contributed by atoms with Gasteiger partial charge in [0.2, 0.25) is 0 Å². The molecule has 5 nitrogen and oxygen atoms in total. The molecule has 35 heavy (non-hydrogen) atoms. The van der Waals surface area contributed by atoms with Gasteiger partial charge in [0.15, 0.2) is 0 Å². The molecule has 2 bridgehead atoms. The summed E-state index contributed by atoms with van der Waals surface area (Å²) in [6, 6.07) is 14.5. The smallest absolute Gasteiger partial charge is 0.303 e. The van der Waals surface area contributed by atoms with E-state index in [-0.39, 0.29) is 29.7 Å². The predicted octanol–water partition coefficient (Wildman–Crippen LogP) is 6.16. The average Bonchev–Trinajstić information content (AvgIpc) is 3.41. The predicted molar refractivity (Wildman–Crippen MR) is 135 cm³/mol. The Morgan fingerprint density at radius 3 is 2.66 bits per heavy atom. The van der Waals surface area contributed by atoms with Crippen LogP contribution in [0.5, 0.6) is 5.75 Å². The molecule has 2 aliphatic rings. The molecule has 4 atom stereocenters. The highest BCUT2D eigenvalue weighted by Gasteiger charge is 2.59. The molecule has 2 fully saturated rings. The summed E-state index contributed by atoms with van der Waals surface area (Å²) < 4.78 is 32.7. The zero-order valence-corrected chi connectivity index (χ0v) is 21.3. The van der Waals surface area contributed by atoms with Crippen molar-refractivity contribution in [2.75, 3.05) is 26.4 Å². The Morgan fingerprint density at radius 2 is 1.91 bits per heavy atom.